The highest BCUT2D eigenvalue weighted by Crippen LogP contribution is 2.17. The first-order chi connectivity index (χ1) is 7.22. The normalized spacial score (nSPS) is 12.7. The molecule has 2 nitrogen and oxygen atoms in total. The van der Waals surface area contributed by atoms with Crippen molar-refractivity contribution in [1.82, 2.24) is 0 Å². The lowest BCUT2D eigenvalue weighted by molar-refractivity contribution is -0.136. The van der Waals surface area contributed by atoms with Crippen LogP contribution < -0.4 is 0 Å². The average molecular weight is 232 g/mol. The van der Waals surface area contributed by atoms with Gasteiger partial charge in [-0.1, -0.05) is 46.0 Å². The van der Waals surface area contributed by atoms with Gasteiger partial charge in [-0.2, -0.15) is 0 Å². The van der Waals surface area contributed by atoms with Crippen LogP contribution >= 0.6 is 11.8 Å². The van der Waals surface area contributed by atoms with Gasteiger partial charge in [-0.05, 0) is 18.6 Å². The van der Waals surface area contributed by atoms with E-state index in [1.54, 1.807) is 11.8 Å². The monoisotopic (exact) mass is 232 g/mol. The summed E-state index contributed by atoms with van der Waals surface area (Å²) in [5, 5.41) is 8.63. The van der Waals surface area contributed by atoms with E-state index < -0.39 is 5.97 Å². The van der Waals surface area contributed by atoms with Crippen LogP contribution in [0.2, 0.25) is 0 Å². The topological polar surface area (TPSA) is 37.3 Å². The highest BCUT2D eigenvalue weighted by Gasteiger charge is 2.14. The van der Waals surface area contributed by atoms with Gasteiger partial charge in [-0.3, -0.25) is 4.79 Å². The summed E-state index contributed by atoms with van der Waals surface area (Å²) in [7, 11) is 0. The molecule has 0 aliphatic rings. The number of carboxylic acid groups (broad SMARTS) is 1. The maximum atomic E-state index is 10.7. The molecule has 0 aliphatic heterocycles. The molecule has 0 fully saturated rings. The van der Waals surface area contributed by atoms with E-state index in [0.29, 0.717) is 0 Å². The second-order valence-corrected chi connectivity index (χ2v) is 5.18. The Labute approximate surface area is 97.8 Å². The van der Waals surface area contributed by atoms with Crippen LogP contribution in [0.15, 0.2) is 0 Å². The van der Waals surface area contributed by atoms with E-state index in [9.17, 15) is 4.79 Å². The number of rotatable bonds is 10. The number of carboxylic acids is 1. The van der Waals surface area contributed by atoms with Crippen LogP contribution in [0.1, 0.15) is 58.8 Å². The predicted molar refractivity (Wildman–Crippen MR) is 67.5 cm³/mol. The van der Waals surface area contributed by atoms with E-state index in [4.69, 9.17) is 5.11 Å². The number of carbonyl (C=O) groups is 1. The molecule has 0 saturated carbocycles. The Bertz CT molecular complexity index is 160. The molecule has 0 aromatic heterocycles. The molecule has 0 rings (SSSR count). The summed E-state index contributed by atoms with van der Waals surface area (Å²) in [6, 6.07) is 0. The van der Waals surface area contributed by atoms with Gasteiger partial charge in [0.15, 0.2) is 0 Å². The molecule has 15 heavy (non-hydrogen) atoms. The average Bonchev–Trinajstić information content (AvgIpc) is 2.21. The molecule has 0 aliphatic carbocycles. The van der Waals surface area contributed by atoms with Crippen LogP contribution in [0, 0.1) is 0 Å². The molecule has 0 spiro atoms. The third kappa shape index (κ3) is 8.79. The number of unbranched alkanes of at least 4 members (excludes halogenated alkanes) is 5. The Morgan fingerprint density at radius 2 is 1.73 bits per heavy atom. The zero-order valence-corrected chi connectivity index (χ0v) is 10.8. The third-order valence-electron chi connectivity index (χ3n) is 2.46. The van der Waals surface area contributed by atoms with Crippen molar-refractivity contribution >= 4 is 17.7 Å². The summed E-state index contributed by atoms with van der Waals surface area (Å²) in [6.45, 7) is 4.15. The van der Waals surface area contributed by atoms with Crippen molar-refractivity contribution in [2.24, 2.45) is 0 Å². The van der Waals surface area contributed by atoms with E-state index >= 15 is 0 Å². The Kier molecular flexibility index (Phi) is 10.2. The van der Waals surface area contributed by atoms with Crippen molar-refractivity contribution in [3.8, 4) is 0 Å². The lowest BCUT2D eigenvalue weighted by atomic mass is 10.1. The SMILES string of the molecule is CCCCCCCCSC(CC)C(=O)O. The fraction of sp³-hybridized carbons (Fsp3) is 0.917. The first kappa shape index (κ1) is 14.8. The van der Waals surface area contributed by atoms with Gasteiger partial charge in [-0.25, -0.2) is 0 Å². The minimum absolute atomic E-state index is 0.194. The fourth-order valence-corrected chi connectivity index (χ4v) is 2.51. The maximum Gasteiger partial charge on any atom is 0.316 e. The lowest BCUT2D eigenvalue weighted by Gasteiger charge is -2.08. The van der Waals surface area contributed by atoms with Crippen LogP contribution in [-0.2, 0) is 4.79 Å². The van der Waals surface area contributed by atoms with Crippen LogP contribution in [0.5, 0.6) is 0 Å². The molecule has 1 unspecified atom stereocenters. The summed E-state index contributed by atoms with van der Waals surface area (Å²) in [5.74, 6) is 0.338. The minimum atomic E-state index is -0.659. The van der Waals surface area contributed by atoms with Gasteiger partial charge in [0.25, 0.3) is 0 Å². The fourth-order valence-electron chi connectivity index (χ4n) is 1.47. The molecule has 1 N–H and O–H groups in total. The standard InChI is InChI=1S/C12H24O2S/c1-3-5-6-7-8-9-10-15-11(4-2)12(13)14/h11H,3-10H2,1-2H3,(H,13,14). The Morgan fingerprint density at radius 3 is 2.27 bits per heavy atom. The molecule has 0 saturated heterocycles. The van der Waals surface area contributed by atoms with E-state index in [0.717, 1.165) is 18.6 Å². The molecule has 0 aromatic rings. The van der Waals surface area contributed by atoms with E-state index in [1.807, 2.05) is 6.92 Å². The predicted octanol–water partition coefficient (Wildman–Crippen LogP) is 3.94. The largest absolute Gasteiger partial charge is 0.480 e. The van der Waals surface area contributed by atoms with Crippen molar-refractivity contribution in [3.63, 3.8) is 0 Å². The van der Waals surface area contributed by atoms with Gasteiger partial charge in [0.1, 0.15) is 5.25 Å². The summed E-state index contributed by atoms with van der Waals surface area (Å²) in [5.41, 5.74) is 0. The van der Waals surface area contributed by atoms with Gasteiger partial charge >= 0.3 is 5.97 Å². The second-order valence-electron chi connectivity index (χ2n) is 3.87. The van der Waals surface area contributed by atoms with E-state index in [1.165, 1.54) is 32.1 Å². The number of thioether (sulfide) groups is 1. The summed E-state index contributed by atoms with van der Waals surface area (Å²) < 4.78 is 0. The molecule has 1 atom stereocenters. The van der Waals surface area contributed by atoms with Crippen molar-refractivity contribution in [3.05, 3.63) is 0 Å². The lowest BCUT2D eigenvalue weighted by Crippen LogP contribution is -2.15. The molecule has 0 radical (unpaired) electrons. The summed E-state index contributed by atoms with van der Waals surface area (Å²) in [4.78, 5) is 10.7. The zero-order chi connectivity index (χ0) is 11.5. The van der Waals surface area contributed by atoms with Gasteiger partial charge in [0, 0.05) is 0 Å². The molecule has 0 aromatic carbocycles. The molecule has 0 bridgehead atoms. The summed E-state index contributed by atoms with van der Waals surface area (Å²) in [6.07, 6.45) is 8.40. The van der Waals surface area contributed by atoms with E-state index in [2.05, 4.69) is 6.92 Å². The molecular formula is C12H24O2S. The Balaban J connectivity index is 3.25. The maximum absolute atomic E-state index is 10.7. The Hall–Kier alpha value is -0.180. The van der Waals surface area contributed by atoms with Crippen LogP contribution in [0.3, 0.4) is 0 Å². The van der Waals surface area contributed by atoms with Gasteiger partial charge < -0.3 is 5.11 Å². The molecule has 0 amide bonds. The highest BCUT2D eigenvalue weighted by molar-refractivity contribution is 8.00. The van der Waals surface area contributed by atoms with E-state index in [-0.39, 0.29) is 5.25 Å². The zero-order valence-electron chi connectivity index (χ0n) is 10.00. The van der Waals surface area contributed by atoms with Crippen molar-refractivity contribution in [2.45, 2.75) is 64.0 Å². The van der Waals surface area contributed by atoms with Gasteiger partial charge in [-0.15, -0.1) is 11.8 Å². The van der Waals surface area contributed by atoms with Crippen LogP contribution in [0.25, 0.3) is 0 Å². The van der Waals surface area contributed by atoms with Crippen molar-refractivity contribution in [1.29, 1.82) is 0 Å². The second kappa shape index (κ2) is 10.3. The quantitative estimate of drug-likeness (QED) is 0.580. The molecule has 0 heterocycles. The summed E-state index contributed by atoms with van der Waals surface area (Å²) >= 11 is 1.59. The minimum Gasteiger partial charge on any atom is -0.480 e. The first-order valence-electron chi connectivity index (χ1n) is 6.06. The number of hydrogen-bond donors (Lipinski definition) is 1. The number of hydrogen-bond acceptors (Lipinski definition) is 2. The molecule has 90 valence electrons. The molecule has 3 heteroatoms. The molecular weight excluding hydrogens is 208 g/mol. The highest BCUT2D eigenvalue weighted by atomic mass is 32.2. The van der Waals surface area contributed by atoms with Gasteiger partial charge in [0.2, 0.25) is 0 Å². The Morgan fingerprint density at radius 1 is 1.13 bits per heavy atom. The van der Waals surface area contributed by atoms with Crippen molar-refractivity contribution < 1.29 is 9.90 Å². The first-order valence-corrected chi connectivity index (χ1v) is 7.11. The third-order valence-corrected chi connectivity index (χ3v) is 3.92. The van der Waals surface area contributed by atoms with Crippen molar-refractivity contribution in [2.75, 3.05) is 5.75 Å². The number of aliphatic carboxylic acids is 1. The van der Waals surface area contributed by atoms with Crippen LogP contribution in [-0.4, -0.2) is 22.1 Å². The van der Waals surface area contributed by atoms with Gasteiger partial charge in [0.05, 0.1) is 0 Å². The smallest absolute Gasteiger partial charge is 0.316 e. The van der Waals surface area contributed by atoms with Crippen LogP contribution in [0.4, 0.5) is 0 Å².